The second-order valence-electron chi connectivity index (χ2n) is 7.74. The summed E-state index contributed by atoms with van der Waals surface area (Å²) in [5, 5.41) is 19.7. The highest BCUT2D eigenvalue weighted by Crippen LogP contribution is 2.27. The predicted molar refractivity (Wildman–Crippen MR) is 116 cm³/mol. The van der Waals surface area contributed by atoms with Gasteiger partial charge in [-0.15, -0.1) is 0 Å². The third-order valence-corrected chi connectivity index (χ3v) is 4.89. The molecule has 3 aromatic rings. The fourth-order valence-corrected chi connectivity index (χ4v) is 3.50. The zero-order valence-electron chi connectivity index (χ0n) is 17.2. The van der Waals surface area contributed by atoms with Gasteiger partial charge < -0.3 is 10.2 Å². The molecule has 6 heteroatoms. The van der Waals surface area contributed by atoms with Gasteiger partial charge in [0.25, 0.3) is 5.56 Å². The average molecular weight is 406 g/mol. The Hall–Kier alpha value is -3.41. The number of aryl methyl sites for hydroxylation is 1. The van der Waals surface area contributed by atoms with Gasteiger partial charge in [-0.05, 0) is 36.5 Å². The van der Waals surface area contributed by atoms with Crippen molar-refractivity contribution in [3.05, 3.63) is 81.8 Å². The van der Waals surface area contributed by atoms with Gasteiger partial charge >= 0.3 is 5.97 Å². The summed E-state index contributed by atoms with van der Waals surface area (Å²) < 4.78 is 1.56. The summed E-state index contributed by atoms with van der Waals surface area (Å²) >= 11 is 0. The monoisotopic (exact) mass is 406 g/mol. The summed E-state index contributed by atoms with van der Waals surface area (Å²) in [6.45, 7) is 4.34. The van der Waals surface area contributed by atoms with E-state index in [4.69, 9.17) is 0 Å². The van der Waals surface area contributed by atoms with Gasteiger partial charge in [0.1, 0.15) is 11.6 Å². The number of phenolic OH excluding ortho intramolecular Hbond substituents is 1. The zero-order chi connectivity index (χ0) is 21.7. The fourth-order valence-electron chi connectivity index (χ4n) is 3.50. The topological polar surface area (TPSA) is 92.4 Å². The van der Waals surface area contributed by atoms with E-state index in [1.54, 1.807) is 22.8 Å². The van der Waals surface area contributed by atoms with Crippen molar-refractivity contribution in [1.29, 1.82) is 0 Å². The van der Waals surface area contributed by atoms with Crippen molar-refractivity contribution in [3.63, 3.8) is 0 Å². The maximum atomic E-state index is 13.5. The SMILES string of the molecule is CC(C)Cc1c(CC(=O)O)nc(-c2ccccc2O)n(CCc2ccccc2)c1=O. The average Bonchev–Trinajstić information content (AvgIpc) is 2.70. The van der Waals surface area contributed by atoms with Gasteiger partial charge in [0.15, 0.2) is 0 Å². The lowest BCUT2D eigenvalue weighted by molar-refractivity contribution is -0.136. The number of aromatic nitrogens is 2. The Morgan fingerprint density at radius 3 is 2.37 bits per heavy atom. The summed E-state index contributed by atoms with van der Waals surface area (Å²) in [5.74, 6) is -0.587. The molecule has 1 aromatic heterocycles. The predicted octanol–water partition coefficient (Wildman–Crippen LogP) is 3.68. The van der Waals surface area contributed by atoms with E-state index >= 15 is 0 Å². The Labute approximate surface area is 175 Å². The van der Waals surface area contributed by atoms with Crippen molar-refractivity contribution in [3.8, 4) is 17.1 Å². The van der Waals surface area contributed by atoms with Crippen molar-refractivity contribution in [1.82, 2.24) is 9.55 Å². The summed E-state index contributed by atoms with van der Waals surface area (Å²) in [7, 11) is 0. The first-order valence-electron chi connectivity index (χ1n) is 10.0. The van der Waals surface area contributed by atoms with Crippen molar-refractivity contribution in [2.75, 3.05) is 0 Å². The zero-order valence-corrected chi connectivity index (χ0v) is 17.2. The number of hydrogen-bond donors (Lipinski definition) is 2. The molecule has 0 aliphatic heterocycles. The lowest BCUT2D eigenvalue weighted by Gasteiger charge is -2.18. The Kier molecular flexibility index (Phi) is 6.67. The number of nitrogens with zero attached hydrogens (tertiary/aromatic N) is 2. The van der Waals surface area contributed by atoms with Crippen LogP contribution in [0.25, 0.3) is 11.4 Å². The Morgan fingerprint density at radius 2 is 1.73 bits per heavy atom. The molecule has 0 unspecified atom stereocenters. The highest BCUT2D eigenvalue weighted by atomic mass is 16.4. The van der Waals surface area contributed by atoms with Crippen LogP contribution in [0, 0.1) is 5.92 Å². The van der Waals surface area contributed by atoms with E-state index in [-0.39, 0.29) is 35.2 Å². The number of rotatable bonds is 8. The number of aliphatic carboxylic acids is 1. The van der Waals surface area contributed by atoms with Gasteiger partial charge in [0.2, 0.25) is 0 Å². The highest BCUT2D eigenvalue weighted by molar-refractivity contribution is 5.71. The Balaban J connectivity index is 2.18. The molecule has 6 nitrogen and oxygen atoms in total. The molecule has 2 N–H and O–H groups in total. The highest BCUT2D eigenvalue weighted by Gasteiger charge is 2.21. The lowest BCUT2D eigenvalue weighted by atomic mass is 10.0. The van der Waals surface area contributed by atoms with E-state index in [0.717, 1.165) is 5.56 Å². The minimum Gasteiger partial charge on any atom is -0.507 e. The Morgan fingerprint density at radius 1 is 1.07 bits per heavy atom. The summed E-state index contributed by atoms with van der Waals surface area (Å²) in [5.41, 5.74) is 1.93. The van der Waals surface area contributed by atoms with Crippen LogP contribution in [0.1, 0.15) is 30.7 Å². The molecule has 0 bridgehead atoms. The minimum atomic E-state index is -1.04. The standard InChI is InChI=1S/C24H26N2O4/c1-16(2)14-19-20(15-22(28)29)25-23(18-10-6-7-11-21(18)27)26(24(19)30)13-12-17-8-4-3-5-9-17/h3-11,16,27H,12-15H2,1-2H3,(H,28,29). The quantitative estimate of drug-likeness (QED) is 0.595. The normalized spacial score (nSPS) is 11.0. The van der Waals surface area contributed by atoms with E-state index in [1.165, 1.54) is 6.07 Å². The molecular weight excluding hydrogens is 380 g/mol. The van der Waals surface area contributed by atoms with Crippen LogP contribution in [-0.4, -0.2) is 25.7 Å². The first-order valence-corrected chi connectivity index (χ1v) is 10.0. The van der Waals surface area contributed by atoms with Crippen LogP contribution in [0.3, 0.4) is 0 Å². The van der Waals surface area contributed by atoms with E-state index in [2.05, 4.69) is 4.98 Å². The molecule has 30 heavy (non-hydrogen) atoms. The van der Waals surface area contributed by atoms with Gasteiger partial charge in [-0.3, -0.25) is 14.2 Å². The number of benzene rings is 2. The number of aromatic hydroxyl groups is 1. The van der Waals surface area contributed by atoms with E-state index in [1.807, 2.05) is 44.2 Å². The second-order valence-corrected chi connectivity index (χ2v) is 7.74. The Bertz CT molecular complexity index is 1090. The molecule has 0 saturated heterocycles. The molecule has 0 radical (unpaired) electrons. The summed E-state index contributed by atoms with van der Waals surface area (Å²) in [6, 6.07) is 16.5. The molecule has 0 spiro atoms. The van der Waals surface area contributed by atoms with Crippen LogP contribution in [0.15, 0.2) is 59.4 Å². The first-order chi connectivity index (χ1) is 14.4. The van der Waals surface area contributed by atoms with Crippen LogP contribution in [0.4, 0.5) is 0 Å². The van der Waals surface area contributed by atoms with Gasteiger partial charge in [0, 0.05) is 12.1 Å². The van der Waals surface area contributed by atoms with Gasteiger partial charge in [-0.1, -0.05) is 56.3 Å². The summed E-state index contributed by atoms with van der Waals surface area (Å²) in [6.07, 6.45) is 0.723. The number of carbonyl (C=O) groups is 1. The molecule has 0 fully saturated rings. The molecule has 156 valence electrons. The van der Waals surface area contributed by atoms with Crippen molar-refractivity contribution in [2.45, 2.75) is 39.7 Å². The number of para-hydroxylation sites is 1. The third kappa shape index (κ3) is 4.95. The molecular formula is C24H26N2O4. The van der Waals surface area contributed by atoms with E-state index in [0.29, 0.717) is 30.5 Å². The molecule has 0 saturated carbocycles. The second kappa shape index (κ2) is 9.39. The minimum absolute atomic E-state index is 0.00394. The van der Waals surface area contributed by atoms with Gasteiger partial charge in [-0.2, -0.15) is 0 Å². The van der Waals surface area contributed by atoms with Crippen LogP contribution in [-0.2, 0) is 30.6 Å². The number of carboxylic acid groups (broad SMARTS) is 1. The number of hydrogen-bond acceptors (Lipinski definition) is 4. The molecule has 0 amide bonds. The fraction of sp³-hybridized carbons (Fsp3) is 0.292. The maximum absolute atomic E-state index is 13.5. The largest absolute Gasteiger partial charge is 0.507 e. The number of carboxylic acids is 1. The first kappa shape index (κ1) is 21.3. The van der Waals surface area contributed by atoms with E-state index in [9.17, 15) is 19.8 Å². The molecule has 0 aliphatic rings. The van der Waals surface area contributed by atoms with Crippen molar-refractivity contribution < 1.29 is 15.0 Å². The lowest BCUT2D eigenvalue weighted by Crippen LogP contribution is -2.31. The molecule has 2 aromatic carbocycles. The molecule has 1 heterocycles. The van der Waals surface area contributed by atoms with E-state index < -0.39 is 5.97 Å². The number of phenols is 1. The summed E-state index contributed by atoms with van der Waals surface area (Å²) in [4.78, 5) is 29.5. The van der Waals surface area contributed by atoms with Crippen LogP contribution in [0.2, 0.25) is 0 Å². The smallest absolute Gasteiger partial charge is 0.309 e. The van der Waals surface area contributed by atoms with Crippen molar-refractivity contribution >= 4 is 5.97 Å². The van der Waals surface area contributed by atoms with Crippen LogP contribution in [0.5, 0.6) is 5.75 Å². The maximum Gasteiger partial charge on any atom is 0.309 e. The van der Waals surface area contributed by atoms with Crippen LogP contribution < -0.4 is 5.56 Å². The molecule has 3 rings (SSSR count). The molecule has 0 aliphatic carbocycles. The van der Waals surface area contributed by atoms with Gasteiger partial charge in [0.05, 0.1) is 17.7 Å². The van der Waals surface area contributed by atoms with Crippen LogP contribution >= 0.6 is 0 Å². The molecule has 0 atom stereocenters. The van der Waals surface area contributed by atoms with Crippen molar-refractivity contribution in [2.24, 2.45) is 5.92 Å². The van der Waals surface area contributed by atoms with Gasteiger partial charge in [-0.25, -0.2) is 4.98 Å². The third-order valence-electron chi connectivity index (χ3n) is 4.89.